The summed E-state index contributed by atoms with van der Waals surface area (Å²) in [5, 5.41) is 9.65. The molecule has 0 heterocycles. The summed E-state index contributed by atoms with van der Waals surface area (Å²) in [6.45, 7) is 13.1. The van der Waals surface area contributed by atoms with Crippen LogP contribution in [0.4, 0.5) is 0 Å². The molecule has 3 atom stereocenters. The highest BCUT2D eigenvalue weighted by Gasteiger charge is 2.33. The van der Waals surface area contributed by atoms with Gasteiger partial charge >= 0.3 is 23.9 Å². The Morgan fingerprint density at radius 2 is 1.35 bits per heavy atom. The van der Waals surface area contributed by atoms with Crippen molar-refractivity contribution in [1.82, 2.24) is 0 Å². The summed E-state index contributed by atoms with van der Waals surface area (Å²) in [4.78, 5) is 48.7. The summed E-state index contributed by atoms with van der Waals surface area (Å²) < 4.78 is 16.4. The number of carboxylic acid groups (broad SMARTS) is 1. The minimum atomic E-state index is -1.32. The van der Waals surface area contributed by atoms with E-state index in [0.29, 0.717) is 30.2 Å². The van der Waals surface area contributed by atoms with Gasteiger partial charge in [0, 0.05) is 18.8 Å². The van der Waals surface area contributed by atoms with Gasteiger partial charge in [0.2, 0.25) is 0 Å². The van der Waals surface area contributed by atoms with Gasteiger partial charge in [-0.25, -0.2) is 0 Å². The van der Waals surface area contributed by atoms with E-state index in [2.05, 4.69) is 0 Å². The summed E-state index contributed by atoms with van der Waals surface area (Å²) in [5.74, 6) is -3.50. The van der Waals surface area contributed by atoms with Gasteiger partial charge in [0.25, 0.3) is 0 Å². The molecule has 0 bridgehead atoms. The van der Waals surface area contributed by atoms with Crippen LogP contribution >= 0.6 is 0 Å². The van der Waals surface area contributed by atoms with Gasteiger partial charge in [-0.05, 0) is 48.3 Å². The van der Waals surface area contributed by atoms with E-state index in [-0.39, 0.29) is 36.9 Å². The number of benzene rings is 1. The predicted octanol–water partition coefficient (Wildman–Crippen LogP) is 4.70. The van der Waals surface area contributed by atoms with Gasteiger partial charge in [-0.3, -0.25) is 19.2 Å². The number of carbonyl (C=O) groups excluding carboxylic acids is 3. The van der Waals surface area contributed by atoms with Gasteiger partial charge in [-0.2, -0.15) is 0 Å². The molecular formula is C28H43NO8. The number of carboxylic acids is 1. The summed E-state index contributed by atoms with van der Waals surface area (Å²) in [6.07, 6.45) is 1.63. The molecule has 0 aromatic heterocycles. The minimum Gasteiger partial charge on any atom is -0.480 e. The first kappa shape index (κ1) is 32.1. The molecule has 37 heavy (non-hydrogen) atoms. The van der Waals surface area contributed by atoms with Crippen molar-refractivity contribution in [2.75, 3.05) is 6.61 Å². The fourth-order valence-corrected chi connectivity index (χ4v) is 3.58. The molecule has 0 saturated carbocycles. The minimum absolute atomic E-state index is 0.0121. The van der Waals surface area contributed by atoms with E-state index in [1.165, 1.54) is 12.1 Å². The fourth-order valence-electron chi connectivity index (χ4n) is 3.58. The maximum atomic E-state index is 12.5. The SMILES string of the molecule is CC(C)CCC(=O)Oc1ccc(C(C(C)COC(=O)C(C)C)[C@H](N)C(=O)O)cc1OC(=O)CCC(C)C. The highest BCUT2D eigenvalue weighted by molar-refractivity contribution is 5.77. The van der Waals surface area contributed by atoms with E-state index in [4.69, 9.17) is 19.9 Å². The number of aliphatic carboxylic acids is 1. The Labute approximate surface area is 220 Å². The number of ether oxygens (including phenoxy) is 3. The summed E-state index contributed by atoms with van der Waals surface area (Å²) in [5.41, 5.74) is 6.50. The Morgan fingerprint density at radius 3 is 1.81 bits per heavy atom. The Hall–Kier alpha value is -2.94. The number of carbonyl (C=O) groups is 4. The molecule has 1 rings (SSSR count). The van der Waals surface area contributed by atoms with Crippen LogP contribution in [0.15, 0.2) is 18.2 Å². The summed E-state index contributed by atoms with van der Waals surface area (Å²) >= 11 is 0. The lowest BCUT2D eigenvalue weighted by atomic mass is 9.82. The van der Waals surface area contributed by atoms with Crippen molar-refractivity contribution in [2.45, 2.75) is 86.1 Å². The molecule has 9 nitrogen and oxygen atoms in total. The third kappa shape index (κ3) is 11.3. The number of rotatable bonds is 15. The first-order chi connectivity index (χ1) is 17.2. The maximum absolute atomic E-state index is 12.5. The van der Waals surface area contributed by atoms with E-state index < -0.39 is 41.8 Å². The zero-order valence-corrected chi connectivity index (χ0v) is 23.1. The van der Waals surface area contributed by atoms with Gasteiger partial charge in [0.15, 0.2) is 11.5 Å². The maximum Gasteiger partial charge on any atom is 0.321 e. The van der Waals surface area contributed by atoms with Crippen LogP contribution in [0.25, 0.3) is 0 Å². The second-order valence-electron chi connectivity index (χ2n) is 10.7. The molecule has 0 spiro atoms. The van der Waals surface area contributed by atoms with Crippen molar-refractivity contribution in [1.29, 1.82) is 0 Å². The Balaban J connectivity index is 3.34. The van der Waals surface area contributed by atoms with Gasteiger partial charge < -0.3 is 25.1 Å². The first-order valence-electron chi connectivity index (χ1n) is 12.9. The zero-order valence-electron chi connectivity index (χ0n) is 23.1. The average molecular weight is 522 g/mol. The quantitative estimate of drug-likeness (QED) is 0.248. The average Bonchev–Trinajstić information content (AvgIpc) is 2.81. The normalized spacial score (nSPS) is 13.8. The van der Waals surface area contributed by atoms with Crippen LogP contribution in [0.3, 0.4) is 0 Å². The molecule has 9 heteroatoms. The van der Waals surface area contributed by atoms with Crippen LogP contribution in [0.5, 0.6) is 11.5 Å². The zero-order chi connectivity index (χ0) is 28.3. The lowest BCUT2D eigenvalue weighted by Gasteiger charge is -2.28. The lowest BCUT2D eigenvalue weighted by Crippen LogP contribution is -2.40. The standard InChI is InChI=1S/C28H43NO8/c1-16(2)8-12-23(30)36-21-11-10-20(14-22(21)37-24(31)13-9-17(3)4)25(26(29)27(32)33)19(7)15-35-28(34)18(5)6/h10-11,14,16-19,25-26H,8-9,12-13,15,29H2,1-7H3,(H,32,33)/t19?,25?,26-/m0/s1. The monoisotopic (exact) mass is 521 g/mol. The van der Waals surface area contributed by atoms with E-state index in [1.807, 2.05) is 27.7 Å². The third-order valence-electron chi connectivity index (χ3n) is 5.90. The highest BCUT2D eigenvalue weighted by atomic mass is 16.6. The Bertz CT molecular complexity index is 925. The molecule has 0 amide bonds. The molecule has 0 fully saturated rings. The molecule has 2 unspecified atom stereocenters. The Kier molecular flexibility index (Phi) is 13.3. The van der Waals surface area contributed by atoms with Crippen LogP contribution < -0.4 is 15.2 Å². The second kappa shape index (κ2) is 15.3. The molecule has 208 valence electrons. The van der Waals surface area contributed by atoms with E-state index in [1.54, 1.807) is 26.8 Å². The van der Waals surface area contributed by atoms with Crippen LogP contribution in [0.1, 0.15) is 85.6 Å². The molecule has 0 radical (unpaired) electrons. The van der Waals surface area contributed by atoms with Crippen LogP contribution in [0.2, 0.25) is 0 Å². The Morgan fingerprint density at radius 1 is 0.838 bits per heavy atom. The third-order valence-corrected chi connectivity index (χ3v) is 5.90. The van der Waals surface area contributed by atoms with Crippen LogP contribution in [-0.2, 0) is 23.9 Å². The predicted molar refractivity (Wildman–Crippen MR) is 139 cm³/mol. The van der Waals surface area contributed by atoms with Crippen molar-refractivity contribution < 1.29 is 38.5 Å². The lowest BCUT2D eigenvalue weighted by molar-refractivity contribution is -0.149. The number of esters is 3. The van der Waals surface area contributed by atoms with Crippen molar-refractivity contribution >= 4 is 23.9 Å². The van der Waals surface area contributed by atoms with Crippen molar-refractivity contribution in [3.05, 3.63) is 23.8 Å². The summed E-state index contributed by atoms with van der Waals surface area (Å²) in [7, 11) is 0. The molecule has 0 aliphatic heterocycles. The van der Waals surface area contributed by atoms with Crippen LogP contribution in [0, 0.1) is 23.7 Å². The van der Waals surface area contributed by atoms with Gasteiger partial charge in [0.05, 0.1) is 12.5 Å². The van der Waals surface area contributed by atoms with E-state index in [0.717, 1.165) is 0 Å². The smallest absolute Gasteiger partial charge is 0.321 e. The molecule has 1 aromatic carbocycles. The number of hydrogen-bond donors (Lipinski definition) is 2. The van der Waals surface area contributed by atoms with Gasteiger partial charge in [0.1, 0.15) is 6.04 Å². The first-order valence-corrected chi connectivity index (χ1v) is 12.9. The van der Waals surface area contributed by atoms with E-state index >= 15 is 0 Å². The topological polar surface area (TPSA) is 142 Å². The molecule has 0 saturated heterocycles. The fraction of sp³-hybridized carbons (Fsp3) is 0.643. The summed E-state index contributed by atoms with van der Waals surface area (Å²) in [6, 6.07) is 3.22. The molecule has 1 aromatic rings. The largest absolute Gasteiger partial charge is 0.480 e. The van der Waals surface area contributed by atoms with Crippen LogP contribution in [-0.4, -0.2) is 41.6 Å². The van der Waals surface area contributed by atoms with Crippen molar-refractivity contribution in [3.63, 3.8) is 0 Å². The number of hydrogen-bond acceptors (Lipinski definition) is 8. The van der Waals surface area contributed by atoms with Gasteiger partial charge in [-0.15, -0.1) is 0 Å². The van der Waals surface area contributed by atoms with Gasteiger partial charge in [-0.1, -0.05) is 54.5 Å². The van der Waals surface area contributed by atoms with Crippen molar-refractivity contribution in [2.24, 2.45) is 29.4 Å². The highest BCUT2D eigenvalue weighted by Crippen LogP contribution is 2.36. The van der Waals surface area contributed by atoms with E-state index in [9.17, 15) is 24.3 Å². The van der Waals surface area contributed by atoms with Crippen molar-refractivity contribution in [3.8, 4) is 11.5 Å². The number of nitrogens with two attached hydrogens (primary N) is 1. The molecular weight excluding hydrogens is 478 g/mol. The molecule has 0 aliphatic carbocycles. The molecule has 0 aliphatic rings. The second-order valence-corrected chi connectivity index (χ2v) is 10.7. The molecule has 3 N–H and O–H groups in total.